The number of esters is 1. The van der Waals surface area contributed by atoms with Gasteiger partial charge in [0.05, 0.1) is 24.4 Å². The van der Waals surface area contributed by atoms with Crippen LogP contribution in [0.3, 0.4) is 0 Å². The number of allylic oxidation sites excluding steroid dienone is 1. The summed E-state index contributed by atoms with van der Waals surface area (Å²) in [7, 11) is 1.36. The number of nitrogens with zero attached hydrogens (tertiary/aromatic N) is 2. The minimum atomic E-state index is -0.527. The maximum atomic E-state index is 12.8. The van der Waals surface area contributed by atoms with Crippen LogP contribution in [0.2, 0.25) is 0 Å². The highest BCUT2D eigenvalue weighted by Gasteiger charge is 2.41. The van der Waals surface area contributed by atoms with Crippen LogP contribution in [0.25, 0.3) is 10.8 Å². The predicted octanol–water partition coefficient (Wildman–Crippen LogP) is 3.66. The summed E-state index contributed by atoms with van der Waals surface area (Å²) in [6.07, 6.45) is 0.429. The van der Waals surface area contributed by atoms with Crippen LogP contribution in [-0.4, -0.2) is 34.8 Å². The van der Waals surface area contributed by atoms with Crippen LogP contribution in [0.15, 0.2) is 58.7 Å². The zero-order valence-electron chi connectivity index (χ0n) is 14.6. The van der Waals surface area contributed by atoms with Gasteiger partial charge in [-0.25, -0.2) is 9.79 Å². The first kappa shape index (κ1) is 16.8. The number of hydrogen-bond donors (Lipinski definition) is 0. The first-order valence-corrected chi connectivity index (χ1v) is 9.40. The molecule has 2 heterocycles. The molecule has 132 valence electrons. The van der Waals surface area contributed by atoms with E-state index in [2.05, 4.69) is 4.99 Å². The largest absolute Gasteiger partial charge is 0.466 e. The third-order valence-electron chi connectivity index (χ3n) is 4.73. The second kappa shape index (κ2) is 6.61. The molecular formula is C20H18N2O3S. The smallest absolute Gasteiger partial charge is 0.338 e. The average molecular weight is 366 g/mol. The van der Waals surface area contributed by atoms with Crippen LogP contribution in [0, 0.1) is 0 Å². The van der Waals surface area contributed by atoms with Crippen molar-refractivity contribution in [2.45, 2.75) is 19.4 Å². The quantitative estimate of drug-likeness (QED) is 0.761. The van der Waals surface area contributed by atoms with Gasteiger partial charge < -0.3 is 4.74 Å². The number of carbonyl (C=O) groups is 2. The van der Waals surface area contributed by atoms with E-state index in [1.54, 1.807) is 23.6 Å². The molecule has 1 amide bonds. The van der Waals surface area contributed by atoms with Crippen LogP contribution in [-0.2, 0) is 14.3 Å². The number of amides is 1. The number of benzene rings is 2. The van der Waals surface area contributed by atoms with Crippen LogP contribution in [0.1, 0.15) is 24.9 Å². The van der Waals surface area contributed by atoms with Crippen molar-refractivity contribution in [3.63, 3.8) is 0 Å². The third kappa shape index (κ3) is 2.61. The number of hydrogen-bond acceptors (Lipinski definition) is 5. The van der Waals surface area contributed by atoms with E-state index >= 15 is 0 Å². The Morgan fingerprint density at radius 3 is 2.81 bits per heavy atom. The highest BCUT2D eigenvalue weighted by molar-refractivity contribution is 8.14. The van der Waals surface area contributed by atoms with Gasteiger partial charge in [-0.2, -0.15) is 0 Å². The molecule has 1 atom stereocenters. The van der Waals surface area contributed by atoms with Crippen molar-refractivity contribution in [1.82, 2.24) is 4.90 Å². The highest BCUT2D eigenvalue weighted by Crippen LogP contribution is 2.42. The monoisotopic (exact) mass is 366 g/mol. The number of thioether (sulfide) groups is 1. The zero-order chi connectivity index (χ0) is 18.3. The fourth-order valence-corrected chi connectivity index (χ4v) is 4.56. The molecule has 0 saturated carbocycles. The van der Waals surface area contributed by atoms with Crippen LogP contribution in [0.5, 0.6) is 0 Å². The normalized spacial score (nSPS) is 20.1. The molecular weight excluding hydrogens is 348 g/mol. The van der Waals surface area contributed by atoms with Gasteiger partial charge in [-0.3, -0.25) is 9.69 Å². The third-order valence-corrected chi connectivity index (χ3v) is 5.68. The van der Waals surface area contributed by atoms with Crippen molar-refractivity contribution in [3.8, 4) is 0 Å². The molecule has 26 heavy (non-hydrogen) atoms. The molecule has 2 aliphatic heterocycles. The van der Waals surface area contributed by atoms with E-state index in [9.17, 15) is 9.59 Å². The van der Waals surface area contributed by atoms with Gasteiger partial charge in [-0.05, 0) is 23.3 Å². The van der Waals surface area contributed by atoms with Crippen molar-refractivity contribution in [2.24, 2.45) is 4.99 Å². The lowest BCUT2D eigenvalue weighted by molar-refractivity contribution is -0.137. The first-order valence-electron chi connectivity index (χ1n) is 8.42. The van der Waals surface area contributed by atoms with E-state index in [1.165, 1.54) is 7.11 Å². The SMILES string of the molecule is COC(=O)C1=C(C)N=C2SCCC(=O)N2C1c1cccc2ccccc12. The zero-order valence-corrected chi connectivity index (χ0v) is 15.4. The number of methoxy groups -OCH3 is 1. The molecule has 0 radical (unpaired) electrons. The van der Waals surface area contributed by atoms with Gasteiger partial charge in [0.15, 0.2) is 5.17 Å². The fraction of sp³-hybridized carbons (Fsp3) is 0.250. The molecule has 5 nitrogen and oxygen atoms in total. The highest BCUT2D eigenvalue weighted by atomic mass is 32.2. The number of ether oxygens (including phenoxy) is 1. The number of fused-ring (bicyclic) bond motifs is 2. The lowest BCUT2D eigenvalue weighted by Gasteiger charge is -2.39. The molecule has 2 aromatic rings. The molecule has 6 heteroatoms. The topological polar surface area (TPSA) is 59.0 Å². The van der Waals surface area contributed by atoms with E-state index < -0.39 is 12.0 Å². The van der Waals surface area contributed by atoms with Crippen molar-refractivity contribution >= 4 is 39.6 Å². The minimum absolute atomic E-state index is 0.0191. The van der Waals surface area contributed by atoms with Gasteiger partial charge in [0, 0.05) is 12.2 Å². The summed E-state index contributed by atoms with van der Waals surface area (Å²) in [6.45, 7) is 1.80. The Labute approximate surface area is 155 Å². The Balaban J connectivity index is 1.99. The Kier molecular flexibility index (Phi) is 4.28. The summed E-state index contributed by atoms with van der Waals surface area (Å²) >= 11 is 1.55. The second-order valence-corrected chi connectivity index (χ2v) is 7.28. The van der Waals surface area contributed by atoms with Crippen molar-refractivity contribution < 1.29 is 14.3 Å². The van der Waals surface area contributed by atoms with Gasteiger partial charge in [0.2, 0.25) is 5.91 Å². The number of rotatable bonds is 2. The molecule has 4 rings (SSSR count). The molecule has 1 saturated heterocycles. The Bertz CT molecular complexity index is 975. The standard InChI is InChI=1S/C20H18N2O3S/c1-12-17(19(24)25-2)18(22-16(23)10-11-26-20(22)21-12)15-9-5-7-13-6-3-4-8-14(13)15/h3-9,18H,10-11H2,1-2H3. The lowest BCUT2D eigenvalue weighted by atomic mass is 9.90. The van der Waals surface area contributed by atoms with E-state index in [0.29, 0.717) is 28.6 Å². The van der Waals surface area contributed by atoms with Crippen LogP contribution >= 0.6 is 11.8 Å². The Hall–Kier alpha value is -2.60. The summed E-state index contributed by atoms with van der Waals surface area (Å²) in [5, 5.41) is 2.73. The van der Waals surface area contributed by atoms with E-state index in [1.807, 2.05) is 42.5 Å². The van der Waals surface area contributed by atoms with E-state index in [0.717, 1.165) is 16.3 Å². The minimum Gasteiger partial charge on any atom is -0.466 e. The summed E-state index contributed by atoms with van der Waals surface area (Å²) in [4.78, 5) is 31.5. The van der Waals surface area contributed by atoms with Crippen molar-refractivity contribution in [3.05, 3.63) is 59.3 Å². The molecule has 1 unspecified atom stereocenters. The number of carbonyl (C=O) groups excluding carboxylic acids is 2. The predicted molar refractivity (Wildman–Crippen MR) is 103 cm³/mol. The molecule has 0 aromatic heterocycles. The second-order valence-electron chi connectivity index (χ2n) is 6.22. The number of amidine groups is 1. The average Bonchev–Trinajstić information content (AvgIpc) is 2.66. The van der Waals surface area contributed by atoms with Gasteiger partial charge in [-0.15, -0.1) is 0 Å². The molecule has 2 aromatic carbocycles. The van der Waals surface area contributed by atoms with E-state index in [4.69, 9.17) is 4.74 Å². The van der Waals surface area contributed by atoms with Crippen molar-refractivity contribution in [1.29, 1.82) is 0 Å². The van der Waals surface area contributed by atoms with Crippen molar-refractivity contribution in [2.75, 3.05) is 12.9 Å². The van der Waals surface area contributed by atoms with Gasteiger partial charge in [0.25, 0.3) is 0 Å². The Morgan fingerprint density at radius 2 is 2.00 bits per heavy atom. The van der Waals surface area contributed by atoms with Gasteiger partial charge in [-0.1, -0.05) is 54.2 Å². The molecule has 0 aliphatic carbocycles. The van der Waals surface area contributed by atoms with E-state index in [-0.39, 0.29) is 5.91 Å². The summed E-state index contributed by atoms with van der Waals surface area (Å²) in [5.41, 5.74) is 1.93. The summed E-state index contributed by atoms with van der Waals surface area (Å²) in [6, 6.07) is 13.4. The summed E-state index contributed by atoms with van der Waals surface area (Å²) in [5.74, 6) is 0.234. The van der Waals surface area contributed by atoms with Gasteiger partial charge >= 0.3 is 5.97 Å². The van der Waals surface area contributed by atoms with Crippen LogP contribution in [0.4, 0.5) is 0 Å². The van der Waals surface area contributed by atoms with Crippen LogP contribution < -0.4 is 0 Å². The molecule has 0 bridgehead atoms. The molecule has 1 fully saturated rings. The maximum Gasteiger partial charge on any atom is 0.338 e. The van der Waals surface area contributed by atoms with Gasteiger partial charge in [0.1, 0.15) is 0 Å². The number of aliphatic imine (C=N–C) groups is 1. The molecule has 0 spiro atoms. The fourth-order valence-electron chi connectivity index (χ4n) is 3.55. The first-order chi connectivity index (χ1) is 12.6. The summed E-state index contributed by atoms with van der Waals surface area (Å²) < 4.78 is 5.03. The molecule has 0 N–H and O–H groups in total. The maximum absolute atomic E-state index is 12.8. The molecule has 2 aliphatic rings. The lowest BCUT2D eigenvalue weighted by Crippen LogP contribution is -2.45. The Morgan fingerprint density at radius 1 is 1.23 bits per heavy atom.